The zero-order valence-corrected chi connectivity index (χ0v) is 9.78. The molecule has 72 valence electrons. The molecule has 0 bridgehead atoms. The van der Waals surface area contributed by atoms with E-state index < -0.39 is 0 Å². The lowest BCUT2D eigenvalue weighted by Gasteiger charge is -2.11. The fourth-order valence-electron chi connectivity index (χ4n) is 1.03. The lowest BCUT2D eigenvalue weighted by Crippen LogP contribution is -2.11. The maximum absolute atomic E-state index is 13.3. The Kier molecular flexibility index (Phi) is 3.71. The molecule has 1 nitrogen and oxygen atoms in total. The number of halogens is 3. The van der Waals surface area contributed by atoms with Crippen LogP contribution in [0.15, 0.2) is 16.6 Å². The summed E-state index contributed by atoms with van der Waals surface area (Å²) >= 11 is 9.00. The molecule has 4 heteroatoms. The molecule has 0 amide bonds. The molecule has 0 aliphatic carbocycles. The minimum atomic E-state index is -0.232. The number of benzene rings is 1. The Morgan fingerprint density at radius 3 is 2.62 bits per heavy atom. The Balaban J connectivity index is 3.01. The van der Waals surface area contributed by atoms with Gasteiger partial charge in [-0.1, -0.05) is 11.6 Å². The number of hydrogen-bond donors (Lipinski definition) is 0. The molecule has 1 rings (SSSR count). The first-order valence-electron chi connectivity index (χ1n) is 3.79. The normalized spacial score (nSPS) is 10.9. The minimum absolute atomic E-state index is 0.232. The highest BCUT2D eigenvalue weighted by atomic mass is 79.9. The van der Waals surface area contributed by atoms with E-state index in [1.54, 1.807) is 6.07 Å². The van der Waals surface area contributed by atoms with Crippen LogP contribution in [0, 0.1) is 5.82 Å². The molecule has 0 aliphatic rings. The highest BCUT2D eigenvalue weighted by molar-refractivity contribution is 9.10. The average Bonchev–Trinajstić information content (AvgIpc) is 1.99. The van der Waals surface area contributed by atoms with Gasteiger partial charge < -0.3 is 4.90 Å². The molecule has 0 aliphatic heterocycles. The van der Waals surface area contributed by atoms with Gasteiger partial charge in [-0.25, -0.2) is 4.39 Å². The van der Waals surface area contributed by atoms with Crippen LogP contribution in [0.1, 0.15) is 5.56 Å². The molecular formula is C9H10BrClFN. The summed E-state index contributed by atoms with van der Waals surface area (Å²) in [6.45, 7) is 0.554. The van der Waals surface area contributed by atoms with E-state index >= 15 is 0 Å². The van der Waals surface area contributed by atoms with Crippen molar-refractivity contribution in [2.75, 3.05) is 14.1 Å². The second-order valence-electron chi connectivity index (χ2n) is 3.10. The van der Waals surface area contributed by atoms with Gasteiger partial charge in [-0.05, 0) is 42.2 Å². The molecule has 0 fully saturated rings. The van der Waals surface area contributed by atoms with Gasteiger partial charge in [0.2, 0.25) is 0 Å². The Labute approximate surface area is 90.6 Å². The van der Waals surface area contributed by atoms with Crippen molar-refractivity contribution in [2.45, 2.75) is 6.54 Å². The van der Waals surface area contributed by atoms with Gasteiger partial charge in [-0.15, -0.1) is 0 Å². The zero-order valence-electron chi connectivity index (χ0n) is 7.44. The van der Waals surface area contributed by atoms with Crippen LogP contribution in [0.2, 0.25) is 5.02 Å². The lowest BCUT2D eigenvalue weighted by atomic mass is 10.2. The Hall–Kier alpha value is -0.120. The summed E-state index contributed by atoms with van der Waals surface area (Å²) in [5.74, 6) is -0.232. The quantitative estimate of drug-likeness (QED) is 0.743. The summed E-state index contributed by atoms with van der Waals surface area (Å²) in [5, 5.41) is 0.540. The van der Waals surface area contributed by atoms with Crippen LogP contribution >= 0.6 is 27.5 Å². The van der Waals surface area contributed by atoms with Crippen LogP contribution < -0.4 is 0 Å². The van der Waals surface area contributed by atoms with Crippen molar-refractivity contribution in [1.29, 1.82) is 0 Å². The van der Waals surface area contributed by atoms with E-state index in [4.69, 9.17) is 11.6 Å². The van der Waals surface area contributed by atoms with Crippen molar-refractivity contribution in [1.82, 2.24) is 4.90 Å². The van der Waals surface area contributed by atoms with Crippen molar-refractivity contribution in [2.24, 2.45) is 0 Å². The topological polar surface area (TPSA) is 3.24 Å². The van der Waals surface area contributed by atoms with E-state index in [0.717, 1.165) is 0 Å². The summed E-state index contributed by atoms with van der Waals surface area (Å²) in [4.78, 5) is 1.89. The predicted molar refractivity (Wildman–Crippen MR) is 56.5 cm³/mol. The third-order valence-corrected chi connectivity index (χ3v) is 2.77. The monoisotopic (exact) mass is 265 g/mol. The van der Waals surface area contributed by atoms with Gasteiger partial charge in [0.15, 0.2) is 0 Å². The molecule has 0 atom stereocenters. The fraction of sp³-hybridized carbons (Fsp3) is 0.333. The van der Waals surface area contributed by atoms with E-state index in [9.17, 15) is 4.39 Å². The summed E-state index contributed by atoms with van der Waals surface area (Å²) in [6, 6.07) is 3.03. The highest BCUT2D eigenvalue weighted by Gasteiger charge is 2.07. The molecule has 0 saturated heterocycles. The standard InChI is InChI=1S/C9H10BrClFN/c1-13(2)5-6-3-8(11)7(10)4-9(6)12/h3-4H,5H2,1-2H3. The van der Waals surface area contributed by atoms with Crippen molar-refractivity contribution < 1.29 is 4.39 Å². The summed E-state index contributed by atoms with van der Waals surface area (Å²) < 4.78 is 13.9. The van der Waals surface area contributed by atoms with Crippen molar-refractivity contribution in [3.8, 4) is 0 Å². The zero-order chi connectivity index (χ0) is 10.0. The van der Waals surface area contributed by atoms with E-state index in [0.29, 0.717) is 21.6 Å². The van der Waals surface area contributed by atoms with Gasteiger partial charge in [0.25, 0.3) is 0 Å². The molecule has 13 heavy (non-hydrogen) atoms. The van der Waals surface area contributed by atoms with Crippen molar-refractivity contribution >= 4 is 27.5 Å². The van der Waals surface area contributed by atoms with Crippen LogP contribution in [0.5, 0.6) is 0 Å². The molecule has 0 unspecified atom stereocenters. The second-order valence-corrected chi connectivity index (χ2v) is 4.36. The number of nitrogens with zero attached hydrogens (tertiary/aromatic N) is 1. The first-order valence-corrected chi connectivity index (χ1v) is 4.96. The van der Waals surface area contributed by atoms with Gasteiger partial charge in [0, 0.05) is 16.6 Å². The lowest BCUT2D eigenvalue weighted by molar-refractivity contribution is 0.392. The van der Waals surface area contributed by atoms with Gasteiger partial charge in [0.1, 0.15) is 5.82 Å². The van der Waals surface area contributed by atoms with Crippen molar-refractivity contribution in [3.05, 3.63) is 33.0 Å². The molecule has 0 saturated carbocycles. The largest absolute Gasteiger partial charge is 0.305 e. The predicted octanol–water partition coefficient (Wildman–Crippen LogP) is 3.30. The molecule has 0 spiro atoms. The van der Waals surface area contributed by atoms with Gasteiger partial charge in [-0.3, -0.25) is 0 Å². The fourth-order valence-corrected chi connectivity index (χ4v) is 1.53. The van der Waals surface area contributed by atoms with Gasteiger partial charge in [0.05, 0.1) is 5.02 Å². The molecular weight excluding hydrogens is 256 g/mol. The van der Waals surface area contributed by atoms with E-state index in [1.165, 1.54) is 6.07 Å². The maximum atomic E-state index is 13.3. The Morgan fingerprint density at radius 2 is 2.08 bits per heavy atom. The summed E-state index contributed by atoms with van der Waals surface area (Å²) in [5.41, 5.74) is 0.609. The van der Waals surface area contributed by atoms with E-state index in [2.05, 4.69) is 15.9 Å². The molecule has 1 aromatic rings. The highest BCUT2D eigenvalue weighted by Crippen LogP contribution is 2.25. The molecule has 0 aromatic heterocycles. The van der Waals surface area contributed by atoms with Crippen LogP contribution in [0.3, 0.4) is 0 Å². The SMILES string of the molecule is CN(C)Cc1cc(Cl)c(Br)cc1F. The Morgan fingerprint density at radius 1 is 1.46 bits per heavy atom. The van der Waals surface area contributed by atoms with E-state index in [-0.39, 0.29) is 5.82 Å². The molecule has 1 aromatic carbocycles. The van der Waals surface area contributed by atoms with Gasteiger partial charge >= 0.3 is 0 Å². The van der Waals surface area contributed by atoms with Gasteiger partial charge in [-0.2, -0.15) is 0 Å². The van der Waals surface area contributed by atoms with Crippen LogP contribution in [-0.4, -0.2) is 19.0 Å². The summed E-state index contributed by atoms with van der Waals surface area (Å²) in [6.07, 6.45) is 0. The minimum Gasteiger partial charge on any atom is -0.305 e. The van der Waals surface area contributed by atoms with Crippen LogP contribution in [0.25, 0.3) is 0 Å². The maximum Gasteiger partial charge on any atom is 0.128 e. The smallest absolute Gasteiger partial charge is 0.128 e. The van der Waals surface area contributed by atoms with Crippen LogP contribution in [-0.2, 0) is 6.54 Å². The number of rotatable bonds is 2. The third-order valence-electron chi connectivity index (χ3n) is 1.58. The van der Waals surface area contributed by atoms with Crippen molar-refractivity contribution in [3.63, 3.8) is 0 Å². The first-order chi connectivity index (χ1) is 6.00. The average molecular weight is 267 g/mol. The molecule has 0 heterocycles. The molecule has 0 radical (unpaired) electrons. The first kappa shape index (κ1) is 11.0. The number of hydrogen-bond acceptors (Lipinski definition) is 1. The Bertz CT molecular complexity index is 315. The molecule has 0 N–H and O–H groups in total. The van der Waals surface area contributed by atoms with Crippen LogP contribution in [0.4, 0.5) is 4.39 Å². The summed E-state index contributed by atoms with van der Waals surface area (Å²) in [7, 11) is 3.77. The second kappa shape index (κ2) is 4.40. The third kappa shape index (κ3) is 2.93. The van der Waals surface area contributed by atoms with E-state index in [1.807, 2.05) is 19.0 Å².